The highest BCUT2D eigenvalue weighted by Gasteiger charge is 2.06. The number of carbonyl (C=O) groups is 1. The summed E-state index contributed by atoms with van der Waals surface area (Å²) in [6, 6.07) is 16.9. The second-order valence-electron chi connectivity index (χ2n) is 6.26. The molecule has 0 aliphatic carbocycles. The topological polar surface area (TPSA) is 39.2 Å². The van der Waals surface area contributed by atoms with Crippen molar-refractivity contribution in [3.63, 3.8) is 0 Å². The molecule has 138 valence electrons. The van der Waals surface area contributed by atoms with Crippen molar-refractivity contribution in [1.29, 1.82) is 0 Å². The first kappa shape index (κ1) is 19.4. The van der Waals surface area contributed by atoms with Gasteiger partial charge < -0.3 is 4.74 Å². The third kappa shape index (κ3) is 6.09. The van der Waals surface area contributed by atoms with E-state index in [-0.39, 0.29) is 5.78 Å². The second-order valence-corrected chi connectivity index (χ2v) is 7.07. The van der Waals surface area contributed by atoms with E-state index in [2.05, 4.69) is 4.98 Å². The van der Waals surface area contributed by atoms with Gasteiger partial charge in [0.05, 0.1) is 10.0 Å². The van der Waals surface area contributed by atoms with Gasteiger partial charge in [0, 0.05) is 31.3 Å². The highest BCUT2D eigenvalue weighted by atomic mass is 35.5. The average Bonchev–Trinajstić information content (AvgIpc) is 2.69. The fourth-order valence-corrected chi connectivity index (χ4v) is 2.92. The Bertz CT molecular complexity index is 896. The number of carbonyl (C=O) groups excluding carboxylic acids is 1. The standard InChI is InChI=1S/C22H19Cl2NO2/c23-21-10-9-20(13-22(21)24)27-15-18-5-3-16(4-6-18)12-19(26)8-7-17-2-1-11-25-14-17/h1-6,9-11,13-14H,7-8,12,15H2. The Morgan fingerprint density at radius 1 is 0.926 bits per heavy atom. The van der Waals surface area contributed by atoms with Gasteiger partial charge in [0.1, 0.15) is 18.1 Å². The number of benzene rings is 2. The number of rotatable bonds is 8. The van der Waals surface area contributed by atoms with E-state index in [1.54, 1.807) is 30.6 Å². The molecule has 0 aliphatic heterocycles. The number of Topliss-reactive ketones (excluding diaryl/α,β-unsaturated/α-hetero) is 1. The minimum Gasteiger partial charge on any atom is -0.489 e. The minimum absolute atomic E-state index is 0.221. The number of ketones is 1. The normalized spacial score (nSPS) is 10.6. The van der Waals surface area contributed by atoms with Gasteiger partial charge in [-0.25, -0.2) is 0 Å². The molecule has 0 radical (unpaired) electrons. The van der Waals surface area contributed by atoms with Crippen LogP contribution in [0.2, 0.25) is 10.0 Å². The van der Waals surface area contributed by atoms with Crippen molar-refractivity contribution in [1.82, 2.24) is 4.98 Å². The van der Waals surface area contributed by atoms with Gasteiger partial charge in [-0.15, -0.1) is 0 Å². The number of nitrogens with zero attached hydrogens (tertiary/aromatic N) is 1. The molecular formula is C22H19Cl2NO2. The zero-order valence-electron chi connectivity index (χ0n) is 14.7. The molecule has 2 aromatic carbocycles. The van der Waals surface area contributed by atoms with Crippen LogP contribution in [0, 0.1) is 0 Å². The first-order valence-corrected chi connectivity index (χ1v) is 9.42. The third-order valence-corrected chi connectivity index (χ3v) is 4.88. The molecule has 0 spiro atoms. The summed E-state index contributed by atoms with van der Waals surface area (Å²) in [6.07, 6.45) is 5.22. The van der Waals surface area contributed by atoms with Crippen molar-refractivity contribution in [2.24, 2.45) is 0 Å². The fourth-order valence-electron chi connectivity index (χ4n) is 2.63. The van der Waals surface area contributed by atoms with Crippen molar-refractivity contribution in [3.05, 3.63) is 93.7 Å². The summed E-state index contributed by atoms with van der Waals surface area (Å²) in [5.74, 6) is 0.887. The molecule has 0 saturated heterocycles. The maximum atomic E-state index is 12.2. The molecule has 3 aromatic rings. The van der Waals surface area contributed by atoms with Crippen LogP contribution in [0.1, 0.15) is 23.1 Å². The number of aryl methyl sites for hydroxylation is 1. The van der Waals surface area contributed by atoms with E-state index in [0.717, 1.165) is 23.1 Å². The molecule has 0 fully saturated rings. The average molecular weight is 400 g/mol. The molecule has 3 nitrogen and oxygen atoms in total. The SMILES string of the molecule is O=C(CCc1cccnc1)Cc1ccc(COc2ccc(Cl)c(Cl)c2)cc1. The number of halogens is 2. The number of pyridine rings is 1. The lowest BCUT2D eigenvalue weighted by molar-refractivity contribution is -0.118. The largest absolute Gasteiger partial charge is 0.489 e. The quantitative estimate of drug-likeness (QED) is 0.486. The minimum atomic E-state index is 0.221. The van der Waals surface area contributed by atoms with E-state index >= 15 is 0 Å². The summed E-state index contributed by atoms with van der Waals surface area (Å²) >= 11 is 11.9. The maximum absolute atomic E-state index is 12.2. The summed E-state index contributed by atoms with van der Waals surface area (Å²) in [4.78, 5) is 16.2. The fraction of sp³-hybridized carbons (Fsp3) is 0.182. The van der Waals surface area contributed by atoms with Crippen LogP contribution in [0.3, 0.4) is 0 Å². The van der Waals surface area contributed by atoms with E-state index in [4.69, 9.17) is 27.9 Å². The van der Waals surface area contributed by atoms with Gasteiger partial charge in [-0.1, -0.05) is 53.5 Å². The van der Waals surface area contributed by atoms with Crippen molar-refractivity contribution in [2.45, 2.75) is 25.9 Å². The van der Waals surface area contributed by atoms with Crippen molar-refractivity contribution in [3.8, 4) is 5.75 Å². The van der Waals surface area contributed by atoms with Crippen LogP contribution in [0.15, 0.2) is 67.0 Å². The van der Waals surface area contributed by atoms with Gasteiger partial charge >= 0.3 is 0 Å². The molecule has 0 aliphatic rings. The van der Waals surface area contributed by atoms with Crippen LogP contribution in [-0.2, 0) is 24.2 Å². The molecule has 27 heavy (non-hydrogen) atoms. The summed E-state index contributed by atoms with van der Waals surface area (Å²) in [7, 11) is 0. The van der Waals surface area contributed by atoms with Gasteiger partial charge in [0.15, 0.2) is 0 Å². The monoisotopic (exact) mass is 399 g/mol. The van der Waals surface area contributed by atoms with Crippen LogP contribution in [0.4, 0.5) is 0 Å². The van der Waals surface area contributed by atoms with Gasteiger partial charge in [-0.3, -0.25) is 9.78 Å². The molecule has 3 rings (SSSR count). The summed E-state index contributed by atoms with van der Waals surface area (Å²) in [5, 5.41) is 0.968. The number of hydrogen-bond acceptors (Lipinski definition) is 3. The van der Waals surface area contributed by atoms with Crippen LogP contribution in [-0.4, -0.2) is 10.8 Å². The Labute approximate surface area is 168 Å². The first-order valence-electron chi connectivity index (χ1n) is 8.66. The summed E-state index contributed by atoms with van der Waals surface area (Å²) in [6.45, 7) is 0.424. The van der Waals surface area contributed by atoms with Crippen LogP contribution in [0.5, 0.6) is 5.75 Å². The number of ether oxygens (including phenoxy) is 1. The molecule has 0 bridgehead atoms. The molecular weight excluding hydrogens is 381 g/mol. The predicted molar refractivity (Wildman–Crippen MR) is 109 cm³/mol. The Morgan fingerprint density at radius 3 is 2.41 bits per heavy atom. The van der Waals surface area contributed by atoms with E-state index < -0.39 is 0 Å². The lowest BCUT2D eigenvalue weighted by atomic mass is 10.0. The van der Waals surface area contributed by atoms with Crippen molar-refractivity contribution in [2.75, 3.05) is 0 Å². The van der Waals surface area contributed by atoms with Crippen molar-refractivity contribution >= 4 is 29.0 Å². The lowest BCUT2D eigenvalue weighted by Gasteiger charge is -2.08. The molecule has 0 unspecified atom stereocenters. The highest BCUT2D eigenvalue weighted by Crippen LogP contribution is 2.26. The van der Waals surface area contributed by atoms with E-state index in [1.165, 1.54) is 0 Å². The molecule has 0 amide bonds. The van der Waals surface area contributed by atoms with Gasteiger partial charge in [0.25, 0.3) is 0 Å². The highest BCUT2D eigenvalue weighted by molar-refractivity contribution is 6.42. The molecule has 1 heterocycles. The Hall–Kier alpha value is -2.36. The van der Waals surface area contributed by atoms with Crippen LogP contribution >= 0.6 is 23.2 Å². The van der Waals surface area contributed by atoms with Crippen LogP contribution < -0.4 is 4.74 Å². The number of aromatic nitrogens is 1. The first-order chi connectivity index (χ1) is 13.1. The van der Waals surface area contributed by atoms with Gasteiger partial charge in [0.2, 0.25) is 0 Å². The molecule has 0 N–H and O–H groups in total. The Balaban J connectivity index is 1.47. The molecule has 5 heteroatoms. The molecule has 0 saturated carbocycles. The van der Waals surface area contributed by atoms with Crippen molar-refractivity contribution < 1.29 is 9.53 Å². The number of hydrogen-bond donors (Lipinski definition) is 0. The second kappa shape index (κ2) is 9.54. The summed E-state index contributed by atoms with van der Waals surface area (Å²) < 4.78 is 5.72. The Morgan fingerprint density at radius 2 is 1.70 bits per heavy atom. The Kier molecular flexibility index (Phi) is 6.86. The predicted octanol–water partition coefficient (Wildman–Crippen LogP) is 5.71. The lowest BCUT2D eigenvalue weighted by Crippen LogP contribution is -2.05. The van der Waals surface area contributed by atoms with E-state index in [1.807, 2.05) is 36.4 Å². The molecule has 1 aromatic heterocycles. The zero-order valence-corrected chi connectivity index (χ0v) is 16.2. The zero-order chi connectivity index (χ0) is 19.1. The van der Waals surface area contributed by atoms with Crippen LogP contribution in [0.25, 0.3) is 0 Å². The summed E-state index contributed by atoms with van der Waals surface area (Å²) in [5.41, 5.74) is 3.11. The maximum Gasteiger partial charge on any atom is 0.137 e. The van der Waals surface area contributed by atoms with Gasteiger partial charge in [-0.05, 0) is 41.3 Å². The third-order valence-electron chi connectivity index (χ3n) is 4.14. The van der Waals surface area contributed by atoms with E-state index in [9.17, 15) is 4.79 Å². The van der Waals surface area contributed by atoms with Gasteiger partial charge in [-0.2, -0.15) is 0 Å². The molecule has 0 atom stereocenters. The van der Waals surface area contributed by atoms with E-state index in [0.29, 0.717) is 35.2 Å². The smallest absolute Gasteiger partial charge is 0.137 e.